The van der Waals surface area contributed by atoms with Crippen LogP contribution in [-0.4, -0.2) is 24.0 Å². The molecule has 34 heavy (non-hydrogen) atoms. The van der Waals surface area contributed by atoms with Crippen LogP contribution in [-0.2, 0) is 11.0 Å². The number of thioether (sulfide) groups is 1. The molecule has 0 saturated heterocycles. The number of nitrogens with zero attached hydrogens (tertiary/aromatic N) is 2. The zero-order valence-electron chi connectivity index (χ0n) is 16.8. The quantitative estimate of drug-likeness (QED) is 0.225. The van der Waals surface area contributed by atoms with E-state index in [1.54, 1.807) is 24.3 Å². The molecule has 0 spiro atoms. The summed E-state index contributed by atoms with van der Waals surface area (Å²) < 4.78 is 104. The van der Waals surface area contributed by atoms with Crippen LogP contribution in [0, 0.1) is 23.3 Å². The SMILES string of the molecule is COc1ccc(-[n+]2noc([O-])c2SCCC(=O)Nc2c(F)c(F)c(C(F)(F)F)c(F)c2F)cc1. The number of aromatic nitrogens is 2. The van der Waals surface area contributed by atoms with Crippen LogP contribution in [0.1, 0.15) is 12.0 Å². The molecule has 7 nitrogen and oxygen atoms in total. The van der Waals surface area contributed by atoms with Gasteiger partial charge in [0, 0.05) is 24.3 Å². The zero-order valence-corrected chi connectivity index (χ0v) is 17.6. The smallest absolute Gasteiger partial charge is 0.422 e. The number of carbonyl (C=O) groups excluding carboxylic acids is 1. The van der Waals surface area contributed by atoms with Crippen LogP contribution in [0.3, 0.4) is 0 Å². The molecular weight excluding hydrogens is 499 g/mol. The average molecular weight is 511 g/mol. The van der Waals surface area contributed by atoms with Crippen molar-refractivity contribution in [3.05, 3.63) is 53.1 Å². The number of alkyl halides is 3. The Balaban J connectivity index is 1.71. The highest BCUT2D eigenvalue weighted by Crippen LogP contribution is 2.38. The highest BCUT2D eigenvalue weighted by atomic mass is 32.2. The van der Waals surface area contributed by atoms with Crippen molar-refractivity contribution in [2.45, 2.75) is 17.6 Å². The van der Waals surface area contributed by atoms with E-state index in [0.717, 1.165) is 16.4 Å². The van der Waals surface area contributed by atoms with Gasteiger partial charge in [-0.3, -0.25) is 4.79 Å². The normalized spacial score (nSPS) is 11.5. The largest absolute Gasteiger partial charge is 0.538 e. The van der Waals surface area contributed by atoms with Gasteiger partial charge in [0.25, 0.3) is 5.03 Å². The molecule has 15 heteroatoms. The first-order valence-corrected chi connectivity index (χ1v) is 10.0. The third-order valence-corrected chi connectivity index (χ3v) is 5.29. The molecule has 1 aromatic heterocycles. The maximum absolute atomic E-state index is 13.9. The van der Waals surface area contributed by atoms with Gasteiger partial charge in [-0.25, -0.2) is 17.6 Å². The van der Waals surface area contributed by atoms with Crippen LogP contribution < -0.4 is 19.8 Å². The van der Waals surface area contributed by atoms with E-state index < -0.39 is 59.0 Å². The highest BCUT2D eigenvalue weighted by molar-refractivity contribution is 7.99. The van der Waals surface area contributed by atoms with Gasteiger partial charge in [0.1, 0.15) is 17.0 Å². The molecule has 1 amide bonds. The lowest BCUT2D eigenvalue weighted by molar-refractivity contribution is -0.705. The van der Waals surface area contributed by atoms with E-state index in [-0.39, 0.29) is 10.8 Å². The molecule has 0 saturated carbocycles. The lowest BCUT2D eigenvalue weighted by Crippen LogP contribution is -2.34. The lowest BCUT2D eigenvalue weighted by atomic mass is 10.1. The van der Waals surface area contributed by atoms with Crippen molar-refractivity contribution in [3.63, 3.8) is 0 Å². The van der Waals surface area contributed by atoms with Crippen molar-refractivity contribution < 1.29 is 54.6 Å². The van der Waals surface area contributed by atoms with Gasteiger partial charge in [0.2, 0.25) is 11.6 Å². The summed E-state index contributed by atoms with van der Waals surface area (Å²) in [5.74, 6) is -11.9. The summed E-state index contributed by atoms with van der Waals surface area (Å²) in [6.45, 7) is 0. The molecule has 0 bridgehead atoms. The number of hydrogen-bond donors (Lipinski definition) is 1. The minimum atomic E-state index is -5.71. The number of carbonyl (C=O) groups is 1. The van der Waals surface area contributed by atoms with E-state index in [2.05, 4.69) is 9.79 Å². The van der Waals surface area contributed by atoms with Gasteiger partial charge < -0.3 is 19.7 Å². The Kier molecular flexibility index (Phi) is 7.24. The van der Waals surface area contributed by atoms with Gasteiger partial charge >= 0.3 is 6.18 Å². The molecule has 0 aliphatic carbocycles. The predicted octanol–water partition coefficient (Wildman–Crippen LogP) is 3.73. The van der Waals surface area contributed by atoms with Crippen molar-refractivity contribution in [3.8, 4) is 17.4 Å². The molecule has 182 valence electrons. The van der Waals surface area contributed by atoms with E-state index in [1.807, 2.05) is 0 Å². The van der Waals surface area contributed by atoms with Crippen LogP contribution in [0.5, 0.6) is 11.7 Å². The summed E-state index contributed by atoms with van der Waals surface area (Å²) in [5, 5.41) is 16.9. The predicted molar refractivity (Wildman–Crippen MR) is 99.3 cm³/mol. The summed E-state index contributed by atoms with van der Waals surface area (Å²) in [4.78, 5) is 12.0. The average Bonchev–Trinajstić information content (AvgIpc) is 3.15. The Bertz CT molecular complexity index is 1190. The van der Waals surface area contributed by atoms with Crippen molar-refractivity contribution in [2.75, 3.05) is 18.2 Å². The van der Waals surface area contributed by atoms with Gasteiger partial charge in [-0.1, -0.05) is 11.8 Å². The molecule has 0 aliphatic heterocycles. The maximum Gasteiger partial charge on any atom is 0.422 e. The first-order valence-electron chi connectivity index (χ1n) is 9.05. The Labute approximate surface area is 190 Å². The fourth-order valence-corrected chi connectivity index (χ4v) is 3.58. The summed E-state index contributed by atoms with van der Waals surface area (Å²) in [6.07, 6.45) is -6.26. The van der Waals surface area contributed by atoms with Crippen molar-refractivity contribution >= 4 is 23.4 Å². The van der Waals surface area contributed by atoms with E-state index >= 15 is 0 Å². The topological polar surface area (TPSA) is 91.3 Å². The van der Waals surface area contributed by atoms with Crippen LogP contribution in [0.15, 0.2) is 33.8 Å². The number of benzene rings is 2. The summed E-state index contributed by atoms with van der Waals surface area (Å²) in [7, 11) is 1.45. The number of hydrogen-bond acceptors (Lipinski definition) is 6. The second-order valence-electron chi connectivity index (χ2n) is 6.43. The van der Waals surface area contributed by atoms with Gasteiger partial charge in [-0.05, 0) is 16.8 Å². The summed E-state index contributed by atoms with van der Waals surface area (Å²) in [5.41, 5.74) is -4.06. The van der Waals surface area contributed by atoms with Crippen LogP contribution in [0.25, 0.3) is 5.69 Å². The van der Waals surface area contributed by atoms with E-state index in [1.165, 1.54) is 12.4 Å². The van der Waals surface area contributed by atoms with E-state index in [9.17, 15) is 40.6 Å². The molecule has 0 radical (unpaired) electrons. The molecule has 3 aromatic rings. The summed E-state index contributed by atoms with van der Waals surface area (Å²) in [6, 6.07) is 6.26. The minimum absolute atomic E-state index is 0.0676. The van der Waals surface area contributed by atoms with Crippen molar-refractivity contribution in [1.29, 1.82) is 0 Å². The van der Waals surface area contributed by atoms with Gasteiger partial charge in [-0.15, -0.1) is 0 Å². The molecule has 0 unspecified atom stereocenters. The number of halogens is 7. The number of methoxy groups -OCH3 is 1. The summed E-state index contributed by atoms with van der Waals surface area (Å²) >= 11 is 0.762. The first-order chi connectivity index (χ1) is 16.0. The van der Waals surface area contributed by atoms with Gasteiger partial charge in [0.15, 0.2) is 29.2 Å². The van der Waals surface area contributed by atoms with Gasteiger partial charge in [-0.2, -0.15) is 13.2 Å². The number of rotatable bonds is 7. The number of nitrogens with one attached hydrogen (secondary N) is 1. The molecule has 0 atom stereocenters. The fraction of sp³-hybridized carbons (Fsp3) is 0.211. The number of anilines is 1. The minimum Gasteiger partial charge on any atom is -0.538 e. The standard InChI is InChI=1S/C19H12F7N3O4S/c1-32-9-4-2-8(3-5-9)29-17(18(31)33-28-29)34-7-6-10(30)27-16-14(22)12(20)11(19(24,25)26)13(21)15(16)23/h2-5H,6-7H2,1H3,(H-,27,28,30,31). The van der Waals surface area contributed by atoms with Gasteiger partial charge in [0.05, 0.1) is 12.4 Å². The van der Waals surface area contributed by atoms with Crippen LogP contribution in [0.4, 0.5) is 36.4 Å². The maximum atomic E-state index is 13.9. The molecule has 2 aromatic carbocycles. The number of amides is 1. The fourth-order valence-electron chi connectivity index (χ4n) is 2.68. The first kappa shape index (κ1) is 25.1. The Morgan fingerprint density at radius 3 is 2.24 bits per heavy atom. The molecule has 0 aliphatic rings. The van der Waals surface area contributed by atoms with Crippen LogP contribution >= 0.6 is 11.8 Å². The van der Waals surface area contributed by atoms with Crippen molar-refractivity contribution in [1.82, 2.24) is 5.27 Å². The molecular formula is C19H12F7N3O4S. The Morgan fingerprint density at radius 1 is 1.12 bits per heavy atom. The highest BCUT2D eigenvalue weighted by Gasteiger charge is 2.42. The third kappa shape index (κ3) is 5.03. The van der Waals surface area contributed by atoms with E-state index in [4.69, 9.17) is 4.74 Å². The Morgan fingerprint density at radius 2 is 1.71 bits per heavy atom. The molecule has 3 rings (SSSR count). The zero-order chi connectivity index (χ0) is 25.2. The second kappa shape index (κ2) is 9.79. The number of ether oxygens (including phenoxy) is 1. The molecule has 0 fully saturated rings. The van der Waals surface area contributed by atoms with Crippen LogP contribution in [0.2, 0.25) is 0 Å². The monoisotopic (exact) mass is 511 g/mol. The Hall–Kier alpha value is -3.49. The van der Waals surface area contributed by atoms with E-state index in [0.29, 0.717) is 11.4 Å². The molecule has 1 heterocycles. The third-order valence-electron chi connectivity index (χ3n) is 4.27. The molecule has 1 N–H and O–H groups in total. The lowest BCUT2D eigenvalue weighted by Gasteiger charge is -2.14. The second-order valence-corrected chi connectivity index (χ2v) is 7.51. The van der Waals surface area contributed by atoms with Crippen molar-refractivity contribution in [2.24, 2.45) is 0 Å².